The molecule has 0 nitrogen and oxygen atoms in total. The van der Waals surface area contributed by atoms with Gasteiger partial charge in [-0.05, 0) is 36.8 Å². The fraction of sp³-hybridized carbons (Fsp3) is 0.375. The molecule has 0 atom stereocenters. The lowest BCUT2D eigenvalue weighted by molar-refractivity contribution is 0.472. The Labute approximate surface area is 98.7 Å². The van der Waals surface area contributed by atoms with Crippen molar-refractivity contribution in [3.63, 3.8) is 0 Å². The predicted octanol–water partition coefficient (Wildman–Crippen LogP) is 4.75. The average molecular weight is 212 g/mol. The zero-order valence-electron chi connectivity index (χ0n) is 10.7. The normalized spacial score (nSPS) is 19.0. The van der Waals surface area contributed by atoms with Gasteiger partial charge in [-0.1, -0.05) is 61.4 Å². The number of allylic oxidation sites excluding steroid dienone is 4. The highest BCUT2D eigenvalue weighted by Crippen LogP contribution is 2.36. The summed E-state index contributed by atoms with van der Waals surface area (Å²) in [6, 6.07) is 8.79. The molecule has 0 heteroatoms. The Morgan fingerprint density at radius 2 is 1.62 bits per heavy atom. The molecule has 0 aliphatic heterocycles. The van der Waals surface area contributed by atoms with Crippen LogP contribution < -0.4 is 0 Å². The molecule has 0 radical (unpaired) electrons. The van der Waals surface area contributed by atoms with Gasteiger partial charge in [-0.15, -0.1) is 0 Å². The minimum absolute atomic E-state index is 0.291. The lowest BCUT2D eigenvalue weighted by Gasteiger charge is -2.26. The van der Waals surface area contributed by atoms with Crippen molar-refractivity contribution in [3.8, 4) is 0 Å². The van der Waals surface area contributed by atoms with Gasteiger partial charge in [-0.25, -0.2) is 0 Å². The Hall–Kier alpha value is -1.30. The van der Waals surface area contributed by atoms with E-state index in [2.05, 4.69) is 64.1 Å². The number of hydrogen-bond acceptors (Lipinski definition) is 0. The van der Waals surface area contributed by atoms with Crippen molar-refractivity contribution < 1.29 is 0 Å². The van der Waals surface area contributed by atoms with Crippen molar-refractivity contribution in [1.82, 2.24) is 0 Å². The van der Waals surface area contributed by atoms with Crippen LogP contribution in [0.4, 0.5) is 0 Å². The van der Waals surface area contributed by atoms with E-state index in [4.69, 9.17) is 0 Å². The molecule has 0 bridgehead atoms. The van der Waals surface area contributed by atoms with Crippen molar-refractivity contribution in [2.45, 2.75) is 34.1 Å². The summed E-state index contributed by atoms with van der Waals surface area (Å²) in [5, 5.41) is 0. The van der Waals surface area contributed by atoms with Crippen molar-refractivity contribution in [1.29, 1.82) is 0 Å². The number of aryl methyl sites for hydroxylation is 1. The number of hydrogen-bond donors (Lipinski definition) is 0. The van der Waals surface area contributed by atoms with Crippen LogP contribution in [0.1, 0.15) is 38.3 Å². The molecular formula is C16H20. The van der Waals surface area contributed by atoms with Gasteiger partial charge >= 0.3 is 0 Å². The van der Waals surface area contributed by atoms with Crippen LogP contribution in [0.15, 0.2) is 42.0 Å². The van der Waals surface area contributed by atoms with Gasteiger partial charge in [0.2, 0.25) is 0 Å². The third kappa shape index (κ3) is 2.44. The van der Waals surface area contributed by atoms with Crippen LogP contribution in [0.3, 0.4) is 0 Å². The summed E-state index contributed by atoms with van der Waals surface area (Å²) in [4.78, 5) is 0. The molecule has 84 valence electrons. The Kier molecular flexibility index (Phi) is 2.75. The van der Waals surface area contributed by atoms with E-state index in [-0.39, 0.29) is 0 Å². The number of benzene rings is 1. The van der Waals surface area contributed by atoms with Gasteiger partial charge < -0.3 is 0 Å². The SMILES string of the molecule is CC1=CC(c2ccc(C)cc2)=CC(C)(C)C1. The minimum Gasteiger partial charge on any atom is -0.0719 e. The van der Waals surface area contributed by atoms with E-state index in [0.717, 1.165) is 0 Å². The maximum absolute atomic E-state index is 2.39. The molecule has 0 aromatic heterocycles. The van der Waals surface area contributed by atoms with Gasteiger partial charge in [0.25, 0.3) is 0 Å². The quantitative estimate of drug-likeness (QED) is 0.630. The molecule has 1 aliphatic rings. The zero-order valence-corrected chi connectivity index (χ0v) is 10.7. The van der Waals surface area contributed by atoms with E-state index in [9.17, 15) is 0 Å². The highest BCUT2D eigenvalue weighted by atomic mass is 14.2. The van der Waals surface area contributed by atoms with Crippen LogP contribution in [0.2, 0.25) is 0 Å². The summed E-state index contributed by atoms with van der Waals surface area (Å²) in [7, 11) is 0. The fourth-order valence-corrected chi connectivity index (χ4v) is 2.46. The van der Waals surface area contributed by atoms with Crippen LogP contribution in [0, 0.1) is 12.3 Å². The van der Waals surface area contributed by atoms with Crippen molar-refractivity contribution >= 4 is 5.57 Å². The van der Waals surface area contributed by atoms with E-state index in [1.165, 1.54) is 28.7 Å². The second kappa shape index (κ2) is 3.93. The Balaban J connectivity index is 2.40. The van der Waals surface area contributed by atoms with Crippen molar-refractivity contribution in [3.05, 3.63) is 53.1 Å². The van der Waals surface area contributed by atoms with Crippen LogP contribution in [0.25, 0.3) is 5.57 Å². The average Bonchev–Trinajstić information content (AvgIpc) is 2.15. The first-order valence-electron chi connectivity index (χ1n) is 5.93. The summed E-state index contributed by atoms with van der Waals surface area (Å²) in [5.41, 5.74) is 5.79. The van der Waals surface area contributed by atoms with Crippen LogP contribution >= 0.6 is 0 Å². The highest BCUT2D eigenvalue weighted by Gasteiger charge is 2.20. The monoisotopic (exact) mass is 212 g/mol. The third-order valence-electron chi connectivity index (χ3n) is 3.07. The number of rotatable bonds is 1. The summed E-state index contributed by atoms with van der Waals surface area (Å²) in [5.74, 6) is 0. The minimum atomic E-state index is 0.291. The van der Waals surface area contributed by atoms with Gasteiger partial charge in [0, 0.05) is 0 Å². The fourth-order valence-electron chi connectivity index (χ4n) is 2.46. The standard InChI is InChI=1S/C16H20/c1-12-5-7-14(8-6-12)15-9-13(2)10-16(3,4)11-15/h5-9,11H,10H2,1-4H3. The molecule has 0 spiro atoms. The molecule has 16 heavy (non-hydrogen) atoms. The van der Waals surface area contributed by atoms with E-state index in [1.54, 1.807) is 0 Å². The lowest BCUT2D eigenvalue weighted by Crippen LogP contribution is -2.12. The Morgan fingerprint density at radius 3 is 2.19 bits per heavy atom. The summed E-state index contributed by atoms with van der Waals surface area (Å²) < 4.78 is 0. The maximum atomic E-state index is 2.39. The smallest absolute Gasteiger partial charge is 0.0129 e. The van der Waals surface area contributed by atoms with E-state index < -0.39 is 0 Å². The van der Waals surface area contributed by atoms with E-state index in [1.807, 2.05) is 0 Å². The molecule has 2 rings (SSSR count). The summed E-state index contributed by atoms with van der Waals surface area (Å²) in [6.45, 7) is 8.96. The van der Waals surface area contributed by atoms with Gasteiger partial charge in [0.05, 0.1) is 0 Å². The molecule has 0 fully saturated rings. The molecule has 0 saturated heterocycles. The molecule has 1 aromatic carbocycles. The first kappa shape index (κ1) is 11.2. The summed E-state index contributed by atoms with van der Waals surface area (Å²) >= 11 is 0. The van der Waals surface area contributed by atoms with Crippen LogP contribution in [-0.4, -0.2) is 0 Å². The van der Waals surface area contributed by atoms with Crippen LogP contribution in [-0.2, 0) is 0 Å². The molecule has 0 heterocycles. The van der Waals surface area contributed by atoms with Crippen molar-refractivity contribution in [2.24, 2.45) is 5.41 Å². The Morgan fingerprint density at radius 1 is 1.00 bits per heavy atom. The van der Waals surface area contributed by atoms with Gasteiger partial charge in [-0.2, -0.15) is 0 Å². The highest BCUT2D eigenvalue weighted by molar-refractivity contribution is 5.76. The maximum Gasteiger partial charge on any atom is -0.0129 e. The third-order valence-corrected chi connectivity index (χ3v) is 3.07. The molecule has 1 aliphatic carbocycles. The van der Waals surface area contributed by atoms with E-state index >= 15 is 0 Å². The zero-order chi connectivity index (χ0) is 11.8. The van der Waals surface area contributed by atoms with Gasteiger partial charge in [0.1, 0.15) is 0 Å². The molecule has 0 N–H and O–H groups in total. The molecule has 1 aromatic rings. The van der Waals surface area contributed by atoms with Gasteiger partial charge in [-0.3, -0.25) is 0 Å². The Bertz CT molecular complexity index is 441. The first-order chi connectivity index (χ1) is 7.46. The first-order valence-corrected chi connectivity index (χ1v) is 5.93. The van der Waals surface area contributed by atoms with Gasteiger partial charge in [0.15, 0.2) is 0 Å². The van der Waals surface area contributed by atoms with Crippen molar-refractivity contribution in [2.75, 3.05) is 0 Å². The second-order valence-electron chi connectivity index (χ2n) is 5.62. The molecular weight excluding hydrogens is 192 g/mol. The van der Waals surface area contributed by atoms with Crippen LogP contribution in [0.5, 0.6) is 0 Å². The molecule has 0 amide bonds. The van der Waals surface area contributed by atoms with E-state index in [0.29, 0.717) is 5.41 Å². The summed E-state index contributed by atoms with van der Waals surface area (Å²) in [6.07, 6.45) is 5.88. The molecule has 0 unspecified atom stereocenters. The topological polar surface area (TPSA) is 0 Å². The predicted molar refractivity (Wildman–Crippen MR) is 71.3 cm³/mol. The molecule has 0 saturated carbocycles. The lowest BCUT2D eigenvalue weighted by atomic mass is 9.78. The largest absolute Gasteiger partial charge is 0.0719 e. The second-order valence-corrected chi connectivity index (χ2v) is 5.62.